The van der Waals surface area contributed by atoms with E-state index in [1.165, 1.54) is 0 Å². The van der Waals surface area contributed by atoms with Gasteiger partial charge in [-0.15, -0.1) is 0 Å². The van der Waals surface area contributed by atoms with Crippen molar-refractivity contribution in [3.8, 4) is 5.75 Å². The summed E-state index contributed by atoms with van der Waals surface area (Å²) < 4.78 is 1.62. The summed E-state index contributed by atoms with van der Waals surface area (Å²) >= 11 is 0. The number of hydrogen-bond acceptors (Lipinski definition) is 6. The zero-order valence-corrected chi connectivity index (χ0v) is 11.2. The molecule has 7 heteroatoms. The minimum atomic E-state index is -0.334. The van der Waals surface area contributed by atoms with Gasteiger partial charge in [0.05, 0.1) is 0 Å². The first-order chi connectivity index (χ1) is 10.2. The van der Waals surface area contributed by atoms with Crippen LogP contribution in [-0.4, -0.2) is 31.1 Å². The summed E-state index contributed by atoms with van der Waals surface area (Å²) in [5.74, 6) is 0.860. The zero-order chi connectivity index (χ0) is 14.4. The van der Waals surface area contributed by atoms with Gasteiger partial charge in [-0.2, -0.15) is 4.68 Å². The van der Waals surface area contributed by atoms with E-state index in [2.05, 4.69) is 20.8 Å². The molecule has 1 atom stereocenters. The molecule has 2 heterocycles. The van der Waals surface area contributed by atoms with Gasteiger partial charge >= 0.3 is 0 Å². The van der Waals surface area contributed by atoms with E-state index >= 15 is 0 Å². The van der Waals surface area contributed by atoms with Crippen molar-refractivity contribution in [3.63, 3.8) is 0 Å². The van der Waals surface area contributed by atoms with E-state index in [4.69, 9.17) is 0 Å². The third-order valence-corrected chi connectivity index (χ3v) is 3.94. The number of aromatic nitrogens is 4. The number of carbonyl (C=O) groups is 1. The smallest absolute Gasteiger partial charge is 0.248 e. The second kappa shape index (κ2) is 4.41. The number of fused-ring (bicyclic) bond motifs is 1. The monoisotopic (exact) mass is 283 g/mol. The summed E-state index contributed by atoms with van der Waals surface area (Å²) in [5, 5.41) is 24.3. The Labute approximate surface area is 120 Å². The molecule has 106 valence electrons. The number of allylic oxidation sites excluding steroid dienone is 2. The molecule has 0 amide bonds. The molecule has 7 nitrogen and oxygen atoms in total. The second-order valence-electron chi connectivity index (χ2n) is 5.24. The van der Waals surface area contributed by atoms with Crippen molar-refractivity contribution in [1.29, 1.82) is 0 Å². The standard InChI is InChI=1S/C14H13N5O2/c20-9-6-4-8(5-7-9)13-12-10(2-1-3-11(12)21)15-14-16-17-18-19(13)14/h4-7,13,20H,1-3H2,(H,15,16,18)/t13-/m0/s1. The molecule has 0 fully saturated rings. The fraction of sp³-hybridized carbons (Fsp3) is 0.286. The molecule has 0 saturated heterocycles. The summed E-state index contributed by atoms with van der Waals surface area (Å²) in [6.45, 7) is 0. The van der Waals surface area contributed by atoms with E-state index in [9.17, 15) is 9.90 Å². The van der Waals surface area contributed by atoms with Gasteiger partial charge < -0.3 is 10.4 Å². The van der Waals surface area contributed by atoms with Crippen LogP contribution in [0.3, 0.4) is 0 Å². The average molecular weight is 283 g/mol. The van der Waals surface area contributed by atoms with E-state index in [0.717, 1.165) is 29.7 Å². The lowest BCUT2D eigenvalue weighted by atomic mass is 9.85. The quantitative estimate of drug-likeness (QED) is 0.821. The fourth-order valence-electron chi connectivity index (χ4n) is 2.98. The summed E-state index contributed by atoms with van der Waals surface area (Å²) in [6, 6.07) is 6.47. The molecule has 21 heavy (non-hydrogen) atoms. The van der Waals surface area contributed by atoms with E-state index in [-0.39, 0.29) is 17.6 Å². The van der Waals surface area contributed by atoms with Crippen molar-refractivity contribution in [2.45, 2.75) is 25.3 Å². The molecule has 0 unspecified atom stereocenters. The first kappa shape index (κ1) is 12.1. The SMILES string of the molecule is O=C1CCCC2=C1[C@H](c1ccc(O)cc1)n1nnnc1N2. The number of nitrogens with one attached hydrogen (secondary N) is 1. The van der Waals surface area contributed by atoms with Gasteiger partial charge in [0.25, 0.3) is 0 Å². The molecule has 0 radical (unpaired) electrons. The Morgan fingerprint density at radius 3 is 2.86 bits per heavy atom. The van der Waals surface area contributed by atoms with Gasteiger partial charge in [0, 0.05) is 17.7 Å². The van der Waals surface area contributed by atoms with Crippen molar-refractivity contribution in [2.75, 3.05) is 5.32 Å². The number of phenols is 1. The van der Waals surface area contributed by atoms with Gasteiger partial charge in [0.15, 0.2) is 5.78 Å². The van der Waals surface area contributed by atoms with Gasteiger partial charge in [-0.1, -0.05) is 17.2 Å². The van der Waals surface area contributed by atoms with Crippen molar-refractivity contribution in [2.24, 2.45) is 0 Å². The number of tetrazole rings is 1. The molecule has 1 aromatic carbocycles. The third-order valence-electron chi connectivity index (χ3n) is 3.94. The van der Waals surface area contributed by atoms with Gasteiger partial charge in [-0.05, 0) is 41.0 Å². The van der Waals surface area contributed by atoms with Crippen LogP contribution in [0.4, 0.5) is 5.95 Å². The first-order valence-corrected chi connectivity index (χ1v) is 6.84. The highest BCUT2D eigenvalue weighted by molar-refractivity contribution is 5.99. The largest absolute Gasteiger partial charge is 0.508 e. The number of phenolic OH excluding ortho intramolecular Hbond substituents is 1. The highest BCUT2D eigenvalue weighted by atomic mass is 16.3. The zero-order valence-electron chi connectivity index (χ0n) is 11.2. The molecule has 2 aromatic rings. The molecule has 2 aliphatic rings. The van der Waals surface area contributed by atoms with Gasteiger partial charge in [-0.25, -0.2) is 0 Å². The number of aromatic hydroxyl groups is 1. The molecule has 1 aliphatic heterocycles. The van der Waals surface area contributed by atoms with E-state index in [1.54, 1.807) is 28.9 Å². The maximum absolute atomic E-state index is 12.4. The molecule has 0 saturated carbocycles. The van der Waals surface area contributed by atoms with Crippen LogP contribution in [0.25, 0.3) is 0 Å². The Hall–Kier alpha value is -2.70. The van der Waals surface area contributed by atoms with Crippen LogP contribution in [0, 0.1) is 0 Å². The molecule has 4 rings (SSSR count). The Balaban J connectivity index is 1.91. The van der Waals surface area contributed by atoms with Crippen molar-refractivity contribution in [1.82, 2.24) is 20.2 Å². The normalized spacial score (nSPS) is 20.8. The molecular weight excluding hydrogens is 270 g/mol. The number of ketones is 1. The molecule has 0 bridgehead atoms. The van der Waals surface area contributed by atoms with Crippen molar-refractivity contribution >= 4 is 11.7 Å². The summed E-state index contributed by atoms with van der Waals surface area (Å²) in [6.07, 6.45) is 2.21. The molecular formula is C14H13N5O2. The van der Waals surface area contributed by atoms with Gasteiger partial charge in [0.1, 0.15) is 11.8 Å². The van der Waals surface area contributed by atoms with Crippen molar-refractivity contribution in [3.05, 3.63) is 41.1 Å². The number of nitrogens with zero attached hydrogens (tertiary/aromatic N) is 4. The molecule has 1 aliphatic carbocycles. The first-order valence-electron chi connectivity index (χ1n) is 6.84. The maximum Gasteiger partial charge on any atom is 0.248 e. The van der Waals surface area contributed by atoms with E-state index in [0.29, 0.717) is 12.4 Å². The highest BCUT2D eigenvalue weighted by Gasteiger charge is 2.36. The van der Waals surface area contributed by atoms with Crippen LogP contribution in [0.5, 0.6) is 5.75 Å². The van der Waals surface area contributed by atoms with Crippen molar-refractivity contribution < 1.29 is 9.90 Å². The Morgan fingerprint density at radius 2 is 2.05 bits per heavy atom. The minimum absolute atomic E-state index is 0.128. The molecule has 2 N–H and O–H groups in total. The van der Waals surface area contributed by atoms with Crippen LogP contribution in [0.1, 0.15) is 30.9 Å². The van der Waals surface area contributed by atoms with Gasteiger partial charge in [-0.3, -0.25) is 4.79 Å². The Kier molecular flexibility index (Phi) is 2.53. The predicted molar refractivity (Wildman–Crippen MR) is 73.6 cm³/mol. The average Bonchev–Trinajstić information content (AvgIpc) is 2.94. The van der Waals surface area contributed by atoms with Crippen LogP contribution >= 0.6 is 0 Å². The number of hydrogen-bond donors (Lipinski definition) is 2. The number of rotatable bonds is 1. The van der Waals surface area contributed by atoms with Crippen LogP contribution < -0.4 is 5.32 Å². The summed E-state index contributed by atoms with van der Waals surface area (Å²) in [7, 11) is 0. The lowest BCUT2D eigenvalue weighted by Gasteiger charge is -2.31. The lowest BCUT2D eigenvalue weighted by Crippen LogP contribution is -2.31. The number of Topliss-reactive ketones (excluding diaryl/α,β-unsaturated/α-hetero) is 1. The van der Waals surface area contributed by atoms with Crippen LogP contribution in [-0.2, 0) is 4.79 Å². The minimum Gasteiger partial charge on any atom is -0.508 e. The Bertz CT molecular complexity index is 747. The maximum atomic E-state index is 12.4. The summed E-state index contributed by atoms with van der Waals surface area (Å²) in [4.78, 5) is 12.4. The van der Waals surface area contributed by atoms with Crippen LogP contribution in [0.2, 0.25) is 0 Å². The van der Waals surface area contributed by atoms with E-state index < -0.39 is 0 Å². The third kappa shape index (κ3) is 1.81. The fourth-order valence-corrected chi connectivity index (χ4v) is 2.98. The second-order valence-corrected chi connectivity index (χ2v) is 5.24. The number of anilines is 1. The topological polar surface area (TPSA) is 92.9 Å². The van der Waals surface area contributed by atoms with Gasteiger partial charge in [0.2, 0.25) is 5.95 Å². The van der Waals surface area contributed by atoms with Crippen LogP contribution in [0.15, 0.2) is 35.5 Å². The molecule has 0 spiro atoms. The number of benzene rings is 1. The molecule has 1 aromatic heterocycles. The van der Waals surface area contributed by atoms with E-state index in [1.807, 2.05) is 0 Å². The lowest BCUT2D eigenvalue weighted by molar-refractivity contribution is -0.116. The highest BCUT2D eigenvalue weighted by Crippen LogP contribution is 2.39. The number of carbonyl (C=O) groups excluding carboxylic acids is 1. The summed E-state index contributed by atoms with van der Waals surface area (Å²) in [5.41, 5.74) is 2.52. The Morgan fingerprint density at radius 1 is 1.24 bits per heavy atom. The predicted octanol–water partition coefficient (Wildman–Crippen LogP) is 1.40.